The monoisotopic (exact) mass is 624 g/mol. The fourth-order valence-corrected chi connectivity index (χ4v) is 5.70. The highest BCUT2D eigenvalue weighted by molar-refractivity contribution is 6.00. The maximum absolute atomic E-state index is 13.9. The van der Waals surface area contributed by atoms with Crippen LogP contribution in [0.3, 0.4) is 0 Å². The molecule has 45 heavy (non-hydrogen) atoms. The van der Waals surface area contributed by atoms with Crippen molar-refractivity contribution < 1.29 is 47.7 Å². The van der Waals surface area contributed by atoms with Crippen molar-refractivity contribution in [2.45, 2.75) is 63.1 Å². The van der Waals surface area contributed by atoms with Gasteiger partial charge in [-0.25, -0.2) is 5.01 Å². The number of nitrogens with zero attached hydrogens (tertiary/aromatic N) is 2. The second kappa shape index (κ2) is 13.8. The van der Waals surface area contributed by atoms with E-state index in [1.54, 1.807) is 0 Å². The third-order valence-electron chi connectivity index (χ3n) is 7.94. The van der Waals surface area contributed by atoms with Crippen molar-refractivity contribution in [1.82, 2.24) is 20.7 Å². The number of carbonyl (C=O) groups excluding carboxylic acids is 5. The Morgan fingerprint density at radius 1 is 0.956 bits per heavy atom. The van der Waals surface area contributed by atoms with E-state index in [9.17, 15) is 24.0 Å². The number of hydrazine groups is 1. The van der Waals surface area contributed by atoms with Crippen molar-refractivity contribution in [3.63, 3.8) is 0 Å². The largest absolute Gasteiger partial charge is 0.493 e. The van der Waals surface area contributed by atoms with Crippen molar-refractivity contribution in [2.75, 3.05) is 27.9 Å². The van der Waals surface area contributed by atoms with E-state index >= 15 is 0 Å². The van der Waals surface area contributed by atoms with Gasteiger partial charge in [-0.2, -0.15) is 0 Å². The highest BCUT2D eigenvalue weighted by Gasteiger charge is 2.46. The number of nitrogens with one attached hydrogen (secondary N) is 2. The van der Waals surface area contributed by atoms with E-state index < -0.39 is 48.1 Å². The Hall–Kier alpha value is -4.85. The van der Waals surface area contributed by atoms with Gasteiger partial charge < -0.3 is 34.3 Å². The van der Waals surface area contributed by atoms with E-state index in [4.69, 9.17) is 23.7 Å². The molecule has 0 radical (unpaired) electrons. The molecular formula is C31H36N4O10. The SMILES string of the molecule is COc1cc(C(=O)NC2CCC(=O)N3CCCC(C(=O)NC4CC(=O)OC4OCc4ccccc4)N3C2=O)cc(OC)c1OC. The summed E-state index contributed by atoms with van der Waals surface area (Å²) >= 11 is 0. The Labute approximate surface area is 259 Å². The first-order chi connectivity index (χ1) is 21.7. The van der Waals surface area contributed by atoms with Crippen molar-refractivity contribution in [3.8, 4) is 17.2 Å². The quantitative estimate of drug-likeness (QED) is 0.369. The molecule has 0 aromatic heterocycles. The van der Waals surface area contributed by atoms with Gasteiger partial charge in [0, 0.05) is 18.5 Å². The summed E-state index contributed by atoms with van der Waals surface area (Å²) in [6.45, 7) is 0.407. The molecule has 4 unspecified atom stereocenters. The number of hydrogen-bond donors (Lipinski definition) is 2. The molecular weight excluding hydrogens is 588 g/mol. The van der Waals surface area contributed by atoms with Crippen LogP contribution in [0.4, 0.5) is 0 Å². The average Bonchev–Trinajstić information content (AvgIpc) is 3.36. The molecule has 0 spiro atoms. The summed E-state index contributed by atoms with van der Waals surface area (Å²) in [4.78, 5) is 66.2. The molecule has 2 aromatic rings. The van der Waals surface area contributed by atoms with E-state index in [2.05, 4.69) is 10.6 Å². The molecule has 240 valence electrons. The van der Waals surface area contributed by atoms with Crippen LogP contribution in [0.25, 0.3) is 0 Å². The fraction of sp³-hybridized carbons (Fsp3) is 0.452. The predicted octanol–water partition coefficient (Wildman–Crippen LogP) is 1.31. The van der Waals surface area contributed by atoms with Gasteiger partial charge in [-0.3, -0.25) is 29.0 Å². The van der Waals surface area contributed by atoms with Crippen LogP contribution in [0.2, 0.25) is 0 Å². The smallest absolute Gasteiger partial charge is 0.310 e. The molecule has 4 amide bonds. The van der Waals surface area contributed by atoms with Gasteiger partial charge in [-0.1, -0.05) is 30.3 Å². The summed E-state index contributed by atoms with van der Waals surface area (Å²) < 4.78 is 27.1. The Morgan fingerprint density at radius 2 is 1.67 bits per heavy atom. The number of benzene rings is 2. The molecule has 0 bridgehead atoms. The van der Waals surface area contributed by atoms with Gasteiger partial charge in [0.2, 0.25) is 23.9 Å². The second-order valence-electron chi connectivity index (χ2n) is 10.8. The zero-order valence-electron chi connectivity index (χ0n) is 25.3. The molecule has 2 aromatic carbocycles. The molecule has 0 saturated carbocycles. The fourth-order valence-electron chi connectivity index (χ4n) is 5.70. The summed E-state index contributed by atoms with van der Waals surface area (Å²) in [6.07, 6.45) is -0.363. The lowest BCUT2D eigenvalue weighted by Gasteiger charge is -2.43. The first-order valence-corrected chi connectivity index (χ1v) is 14.6. The predicted molar refractivity (Wildman–Crippen MR) is 156 cm³/mol. The molecule has 4 atom stereocenters. The number of rotatable bonds is 10. The maximum atomic E-state index is 13.9. The number of methoxy groups -OCH3 is 3. The van der Waals surface area contributed by atoms with E-state index in [0.29, 0.717) is 12.2 Å². The minimum Gasteiger partial charge on any atom is -0.493 e. The van der Waals surface area contributed by atoms with E-state index in [1.807, 2.05) is 30.3 Å². The topological polar surface area (TPSA) is 162 Å². The molecule has 3 aliphatic heterocycles. The van der Waals surface area contributed by atoms with Gasteiger partial charge in [0.1, 0.15) is 18.1 Å². The van der Waals surface area contributed by atoms with E-state index in [1.165, 1.54) is 38.5 Å². The van der Waals surface area contributed by atoms with Crippen LogP contribution in [0, 0.1) is 0 Å². The van der Waals surface area contributed by atoms with E-state index in [-0.39, 0.29) is 61.8 Å². The summed E-state index contributed by atoms with van der Waals surface area (Å²) in [5, 5.41) is 7.95. The van der Waals surface area contributed by atoms with Crippen LogP contribution in [-0.4, -0.2) is 91.9 Å². The minimum absolute atomic E-state index is 0.0167. The Kier molecular flexibility index (Phi) is 9.71. The lowest BCUT2D eigenvalue weighted by atomic mass is 10.0. The zero-order valence-corrected chi connectivity index (χ0v) is 25.3. The van der Waals surface area contributed by atoms with E-state index in [0.717, 1.165) is 10.6 Å². The lowest BCUT2D eigenvalue weighted by molar-refractivity contribution is -0.177. The van der Waals surface area contributed by atoms with Crippen LogP contribution in [0.1, 0.15) is 48.0 Å². The number of hydrogen-bond acceptors (Lipinski definition) is 10. The number of amides is 4. The third kappa shape index (κ3) is 6.80. The van der Waals surface area contributed by atoms with Crippen molar-refractivity contribution in [2.24, 2.45) is 0 Å². The Morgan fingerprint density at radius 3 is 2.33 bits per heavy atom. The zero-order chi connectivity index (χ0) is 32.1. The number of cyclic esters (lactones) is 1. The molecule has 3 aliphatic rings. The lowest BCUT2D eigenvalue weighted by Crippen LogP contribution is -2.64. The molecule has 3 heterocycles. The minimum atomic E-state index is -1.10. The standard InChI is InChI=1S/C31H36N4O10/c1-41-23-14-19(15-24(42-2)27(23)43-3)28(38)32-20-11-12-25(36)34-13-7-10-22(35(34)30(20)40)29(39)33-21-16-26(37)45-31(21)44-17-18-8-5-4-6-9-18/h4-6,8-9,14-15,20-22,31H,7,10-13,16-17H2,1-3H3,(H,32,38)(H,33,39). The summed E-state index contributed by atoms with van der Waals surface area (Å²) in [5.41, 5.74) is 1.01. The van der Waals surface area contributed by atoms with Crippen LogP contribution < -0.4 is 24.8 Å². The number of carbonyl (C=O) groups is 5. The third-order valence-corrected chi connectivity index (χ3v) is 7.94. The molecule has 0 aliphatic carbocycles. The van der Waals surface area contributed by atoms with Gasteiger partial charge in [0.15, 0.2) is 11.5 Å². The number of ether oxygens (including phenoxy) is 5. The number of esters is 1. The molecule has 3 fully saturated rings. The molecule has 3 saturated heterocycles. The van der Waals surface area contributed by atoms with Gasteiger partial charge in [-0.05, 0) is 37.0 Å². The van der Waals surface area contributed by atoms with Gasteiger partial charge in [-0.15, -0.1) is 0 Å². The maximum Gasteiger partial charge on any atom is 0.310 e. The van der Waals surface area contributed by atoms with Crippen LogP contribution in [0.5, 0.6) is 17.2 Å². The van der Waals surface area contributed by atoms with Crippen LogP contribution in [-0.2, 0) is 35.3 Å². The molecule has 14 nitrogen and oxygen atoms in total. The Balaban J connectivity index is 1.31. The van der Waals surface area contributed by atoms with Crippen LogP contribution >= 0.6 is 0 Å². The highest BCUT2D eigenvalue weighted by Crippen LogP contribution is 2.38. The average molecular weight is 625 g/mol. The second-order valence-corrected chi connectivity index (χ2v) is 10.8. The molecule has 14 heteroatoms. The van der Waals surface area contributed by atoms with Crippen molar-refractivity contribution >= 4 is 29.6 Å². The van der Waals surface area contributed by atoms with Gasteiger partial charge >= 0.3 is 5.97 Å². The first kappa shape index (κ1) is 31.6. The van der Waals surface area contributed by atoms with Crippen LogP contribution in [0.15, 0.2) is 42.5 Å². The Bertz CT molecular complexity index is 1430. The summed E-state index contributed by atoms with van der Waals surface area (Å²) in [7, 11) is 4.27. The molecule has 2 N–H and O–H groups in total. The summed E-state index contributed by atoms with van der Waals surface area (Å²) in [6, 6.07) is 9.25. The molecule has 5 rings (SSSR count). The van der Waals surface area contributed by atoms with Gasteiger partial charge in [0.05, 0.1) is 34.4 Å². The van der Waals surface area contributed by atoms with Crippen molar-refractivity contribution in [1.29, 1.82) is 0 Å². The number of fused-ring (bicyclic) bond motifs is 1. The van der Waals surface area contributed by atoms with Gasteiger partial charge in [0.25, 0.3) is 11.8 Å². The van der Waals surface area contributed by atoms with Crippen molar-refractivity contribution in [3.05, 3.63) is 53.6 Å². The normalized spacial score (nSPS) is 23.0. The summed E-state index contributed by atoms with van der Waals surface area (Å²) in [5.74, 6) is -1.83. The highest BCUT2D eigenvalue weighted by atomic mass is 16.7. The first-order valence-electron chi connectivity index (χ1n) is 14.6.